The lowest BCUT2D eigenvalue weighted by molar-refractivity contribution is 0.0926. The Labute approximate surface area is 104 Å². The first-order chi connectivity index (χ1) is 8.59. The second-order valence-corrected chi connectivity index (χ2v) is 4.28. The van der Waals surface area contributed by atoms with E-state index in [1.54, 1.807) is 0 Å². The molecule has 1 unspecified atom stereocenters. The van der Waals surface area contributed by atoms with Crippen LogP contribution in [-0.4, -0.2) is 11.9 Å². The molecule has 1 atom stereocenters. The maximum Gasteiger partial charge on any atom is 0.257 e. The van der Waals surface area contributed by atoms with Gasteiger partial charge in [-0.05, 0) is 31.4 Å². The van der Waals surface area contributed by atoms with Crippen LogP contribution in [0, 0.1) is 11.6 Å². The van der Waals surface area contributed by atoms with Crippen LogP contribution in [0.25, 0.3) is 0 Å². The molecular weight excluding hydrogens is 238 g/mol. The average molecular weight is 252 g/mol. The highest BCUT2D eigenvalue weighted by Gasteiger charge is 2.22. The highest BCUT2D eigenvalue weighted by Crippen LogP contribution is 2.19. The molecule has 0 spiro atoms. The van der Waals surface area contributed by atoms with Crippen LogP contribution < -0.4 is 11.1 Å². The topological polar surface area (TPSA) is 55.1 Å². The summed E-state index contributed by atoms with van der Waals surface area (Å²) in [7, 11) is 0. The molecule has 18 heavy (non-hydrogen) atoms. The van der Waals surface area contributed by atoms with E-state index < -0.39 is 23.1 Å². The standard InChI is InChI=1S/C13H14F2N2O/c14-9-6-7-10(16)12(15)11(9)13(18)17-8-4-2-1-3-5-8/h1-2,6-8H,3-5,16H2,(H,17,18). The van der Waals surface area contributed by atoms with Crippen LogP contribution in [0.2, 0.25) is 0 Å². The Kier molecular flexibility index (Phi) is 3.60. The van der Waals surface area contributed by atoms with Gasteiger partial charge in [0.05, 0.1) is 5.69 Å². The average Bonchev–Trinajstić information content (AvgIpc) is 2.36. The van der Waals surface area contributed by atoms with E-state index in [-0.39, 0.29) is 11.7 Å². The number of benzene rings is 1. The summed E-state index contributed by atoms with van der Waals surface area (Å²) in [5.74, 6) is -2.65. The predicted molar refractivity (Wildman–Crippen MR) is 65.0 cm³/mol. The summed E-state index contributed by atoms with van der Waals surface area (Å²) in [6.07, 6.45) is 6.27. The van der Waals surface area contributed by atoms with E-state index in [4.69, 9.17) is 5.73 Å². The molecule has 2 rings (SSSR count). The number of carbonyl (C=O) groups excluding carboxylic acids is 1. The molecule has 0 bridgehead atoms. The van der Waals surface area contributed by atoms with Gasteiger partial charge in [0.1, 0.15) is 11.4 Å². The number of carbonyl (C=O) groups is 1. The number of nitrogens with two attached hydrogens (primary N) is 1. The van der Waals surface area contributed by atoms with Crippen molar-refractivity contribution in [3.63, 3.8) is 0 Å². The van der Waals surface area contributed by atoms with Gasteiger partial charge in [0.25, 0.3) is 5.91 Å². The van der Waals surface area contributed by atoms with Crippen molar-refractivity contribution in [1.29, 1.82) is 0 Å². The zero-order chi connectivity index (χ0) is 13.1. The van der Waals surface area contributed by atoms with Gasteiger partial charge in [-0.3, -0.25) is 4.79 Å². The van der Waals surface area contributed by atoms with Gasteiger partial charge in [-0.25, -0.2) is 8.78 Å². The number of hydrogen-bond donors (Lipinski definition) is 2. The van der Waals surface area contributed by atoms with Crippen molar-refractivity contribution in [2.24, 2.45) is 0 Å². The van der Waals surface area contributed by atoms with E-state index in [1.165, 1.54) is 0 Å². The number of rotatable bonds is 2. The van der Waals surface area contributed by atoms with Crippen molar-refractivity contribution in [1.82, 2.24) is 5.32 Å². The minimum atomic E-state index is -1.00. The summed E-state index contributed by atoms with van der Waals surface area (Å²) >= 11 is 0. The van der Waals surface area contributed by atoms with Gasteiger partial charge in [-0.15, -0.1) is 0 Å². The van der Waals surface area contributed by atoms with Crippen molar-refractivity contribution < 1.29 is 13.6 Å². The maximum absolute atomic E-state index is 13.6. The summed E-state index contributed by atoms with van der Waals surface area (Å²) in [6.45, 7) is 0. The quantitative estimate of drug-likeness (QED) is 0.627. The number of anilines is 1. The first-order valence-corrected chi connectivity index (χ1v) is 5.79. The molecule has 1 amide bonds. The lowest BCUT2D eigenvalue weighted by Gasteiger charge is -2.19. The molecule has 0 fully saturated rings. The normalized spacial score (nSPS) is 18.7. The number of hydrogen-bond acceptors (Lipinski definition) is 2. The SMILES string of the molecule is Nc1ccc(F)c(C(=O)NC2CC=CCC2)c1F. The molecule has 5 heteroatoms. The van der Waals surface area contributed by atoms with Crippen LogP contribution in [0.15, 0.2) is 24.3 Å². The third kappa shape index (κ3) is 2.50. The Morgan fingerprint density at radius 1 is 1.33 bits per heavy atom. The number of amides is 1. The Bertz CT molecular complexity index is 500. The van der Waals surface area contributed by atoms with Crippen molar-refractivity contribution in [3.05, 3.63) is 41.5 Å². The molecule has 1 aliphatic carbocycles. The zero-order valence-corrected chi connectivity index (χ0v) is 9.75. The largest absolute Gasteiger partial charge is 0.396 e. The van der Waals surface area contributed by atoms with Crippen LogP contribution >= 0.6 is 0 Å². The third-order valence-electron chi connectivity index (χ3n) is 2.95. The summed E-state index contributed by atoms with van der Waals surface area (Å²) in [5.41, 5.74) is 4.49. The van der Waals surface area contributed by atoms with Gasteiger partial charge in [0.15, 0.2) is 5.82 Å². The second kappa shape index (κ2) is 5.16. The van der Waals surface area contributed by atoms with Crippen LogP contribution in [0.1, 0.15) is 29.6 Å². The molecule has 1 aromatic rings. The fourth-order valence-electron chi connectivity index (χ4n) is 1.96. The molecule has 1 aliphatic rings. The van der Waals surface area contributed by atoms with Crippen LogP contribution in [0.4, 0.5) is 14.5 Å². The summed E-state index contributed by atoms with van der Waals surface area (Å²) < 4.78 is 27.1. The molecule has 1 aromatic carbocycles. The first kappa shape index (κ1) is 12.5. The Hall–Kier alpha value is -1.91. The molecular formula is C13H14F2N2O. The van der Waals surface area contributed by atoms with E-state index in [1.807, 2.05) is 12.2 Å². The summed E-state index contributed by atoms with van der Waals surface area (Å²) in [5, 5.41) is 2.62. The minimum absolute atomic E-state index is 0.0808. The van der Waals surface area contributed by atoms with Gasteiger partial charge in [0, 0.05) is 6.04 Å². The summed E-state index contributed by atoms with van der Waals surface area (Å²) in [6, 6.07) is 2.02. The van der Waals surface area contributed by atoms with Crippen LogP contribution in [0.3, 0.4) is 0 Å². The second-order valence-electron chi connectivity index (χ2n) is 4.28. The lowest BCUT2D eigenvalue weighted by Crippen LogP contribution is -2.36. The molecule has 0 aliphatic heterocycles. The van der Waals surface area contributed by atoms with Crippen molar-refractivity contribution in [2.45, 2.75) is 25.3 Å². The molecule has 96 valence electrons. The zero-order valence-electron chi connectivity index (χ0n) is 9.75. The number of halogens is 2. The van der Waals surface area contributed by atoms with E-state index in [2.05, 4.69) is 5.32 Å². The fraction of sp³-hybridized carbons (Fsp3) is 0.308. The predicted octanol–water partition coefficient (Wildman–Crippen LogP) is 2.39. The molecule has 0 heterocycles. The molecule has 0 saturated carbocycles. The van der Waals surface area contributed by atoms with Crippen molar-refractivity contribution >= 4 is 11.6 Å². The lowest BCUT2D eigenvalue weighted by atomic mass is 10.0. The Balaban J connectivity index is 2.18. The Morgan fingerprint density at radius 3 is 2.78 bits per heavy atom. The van der Waals surface area contributed by atoms with Gasteiger partial charge in [-0.1, -0.05) is 12.2 Å². The molecule has 3 nitrogen and oxygen atoms in total. The van der Waals surface area contributed by atoms with Gasteiger partial charge in [0.2, 0.25) is 0 Å². The van der Waals surface area contributed by atoms with E-state index in [0.717, 1.165) is 25.0 Å². The highest BCUT2D eigenvalue weighted by atomic mass is 19.1. The van der Waals surface area contributed by atoms with Crippen molar-refractivity contribution in [2.75, 3.05) is 5.73 Å². The molecule has 0 radical (unpaired) electrons. The van der Waals surface area contributed by atoms with Crippen LogP contribution in [-0.2, 0) is 0 Å². The van der Waals surface area contributed by atoms with Gasteiger partial charge in [-0.2, -0.15) is 0 Å². The molecule has 0 saturated heterocycles. The molecule has 0 aromatic heterocycles. The van der Waals surface area contributed by atoms with E-state index in [9.17, 15) is 13.6 Å². The molecule has 3 N–H and O–H groups in total. The summed E-state index contributed by atoms with van der Waals surface area (Å²) in [4.78, 5) is 11.8. The van der Waals surface area contributed by atoms with E-state index >= 15 is 0 Å². The monoisotopic (exact) mass is 252 g/mol. The smallest absolute Gasteiger partial charge is 0.257 e. The first-order valence-electron chi connectivity index (χ1n) is 5.79. The van der Waals surface area contributed by atoms with Crippen LogP contribution in [0.5, 0.6) is 0 Å². The third-order valence-corrected chi connectivity index (χ3v) is 2.95. The Morgan fingerprint density at radius 2 is 2.11 bits per heavy atom. The van der Waals surface area contributed by atoms with E-state index in [0.29, 0.717) is 6.42 Å². The van der Waals surface area contributed by atoms with Gasteiger partial charge >= 0.3 is 0 Å². The number of nitrogens with one attached hydrogen (secondary N) is 1. The minimum Gasteiger partial charge on any atom is -0.396 e. The number of nitrogen functional groups attached to an aromatic ring is 1. The van der Waals surface area contributed by atoms with Crippen molar-refractivity contribution in [3.8, 4) is 0 Å². The fourth-order valence-corrected chi connectivity index (χ4v) is 1.96. The van der Waals surface area contributed by atoms with Gasteiger partial charge < -0.3 is 11.1 Å². The number of allylic oxidation sites excluding steroid dienone is 1. The highest BCUT2D eigenvalue weighted by molar-refractivity contribution is 5.95. The maximum atomic E-state index is 13.6.